The van der Waals surface area contributed by atoms with Crippen LogP contribution < -0.4 is 16.8 Å². The Morgan fingerprint density at radius 1 is 1.53 bits per heavy atom. The molecule has 17 heavy (non-hydrogen) atoms. The van der Waals surface area contributed by atoms with Crippen LogP contribution in [0, 0.1) is 5.92 Å². The van der Waals surface area contributed by atoms with E-state index < -0.39 is 5.91 Å². The third-order valence-corrected chi connectivity index (χ3v) is 2.61. The van der Waals surface area contributed by atoms with E-state index in [-0.39, 0.29) is 23.8 Å². The predicted octanol–water partition coefficient (Wildman–Crippen LogP) is -0.910. The van der Waals surface area contributed by atoms with Crippen LogP contribution in [0.4, 0.5) is 5.69 Å². The Bertz CT molecular complexity index is 450. The Morgan fingerprint density at radius 2 is 2.24 bits per heavy atom. The maximum absolute atomic E-state index is 11.5. The molecule has 5 N–H and O–H groups in total. The van der Waals surface area contributed by atoms with Crippen LogP contribution in [-0.4, -0.2) is 28.1 Å². The van der Waals surface area contributed by atoms with Gasteiger partial charge in [-0.3, -0.25) is 14.3 Å². The topological polar surface area (TPSA) is 116 Å². The Kier molecular flexibility index (Phi) is 2.99. The number of nitrogens with two attached hydrogens (primary N) is 2. The summed E-state index contributed by atoms with van der Waals surface area (Å²) in [6, 6.07) is 0. The molecule has 0 atom stereocenters. The van der Waals surface area contributed by atoms with E-state index in [1.54, 1.807) is 0 Å². The maximum atomic E-state index is 11.5. The summed E-state index contributed by atoms with van der Waals surface area (Å²) in [6.07, 6.45) is 3.79. The molecule has 0 radical (unpaired) electrons. The fourth-order valence-electron chi connectivity index (χ4n) is 1.49. The summed E-state index contributed by atoms with van der Waals surface area (Å²) in [5, 5.41) is 6.64. The van der Waals surface area contributed by atoms with E-state index in [0.29, 0.717) is 12.5 Å². The monoisotopic (exact) mass is 237 g/mol. The van der Waals surface area contributed by atoms with Crippen LogP contribution in [0.1, 0.15) is 23.3 Å². The van der Waals surface area contributed by atoms with Gasteiger partial charge >= 0.3 is 0 Å². The molecule has 0 unspecified atom stereocenters. The molecule has 7 nitrogen and oxygen atoms in total. The van der Waals surface area contributed by atoms with Crippen molar-refractivity contribution in [3.63, 3.8) is 0 Å². The number of amides is 2. The zero-order valence-corrected chi connectivity index (χ0v) is 9.35. The van der Waals surface area contributed by atoms with Crippen molar-refractivity contribution in [2.45, 2.75) is 19.4 Å². The number of carbonyl (C=O) groups excluding carboxylic acids is 2. The number of nitrogens with zero attached hydrogens (tertiary/aromatic N) is 2. The lowest BCUT2D eigenvalue weighted by atomic mass is 10.4. The number of aromatic nitrogens is 2. The van der Waals surface area contributed by atoms with Gasteiger partial charge in [0.1, 0.15) is 6.54 Å². The number of nitrogen functional groups attached to an aromatic ring is 1. The molecule has 1 aliphatic rings. The molecule has 0 aromatic carbocycles. The lowest BCUT2D eigenvalue weighted by Gasteiger charge is -2.03. The average Bonchev–Trinajstić information content (AvgIpc) is 3.00. The van der Waals surface area contributed by atoms with E-state index in [4.69, 9.17) is 11.5 Å². The minimum Gasteiger partial charge on any atom is -0.396 e. The number of rotatable bonds is 5. The van der Waals surface area contributed by atoms with Crippen molar-refractivity contribution in [3.8, 4) is 0 Å². The van der Waals surface area contributed by atoms with Gasteiger partial charge in [0, 0.05) is 12.7 Å². The maximum Gasteiger partial charge on any atom is 0.271 e. The fraction of sp³-hybridized carbons (Fsp3) is 0.500. The third-order valence-electron chi connectivity index (χ3n) is 2.61. The summed E-state index contributed by atoms with van der Waals surface area (Å²) < 4.78 is 1.32. The van der Waals surface area contributed by atoms with Crippen LogP contribution in [0.15, 0.2) is 6.20 Å². The van der Waals surface area contributed by atoms with Crippen LogP contribution >= 0.6 is 0 Å². The molecule has 0 saturated heterocycles. The molecular formula is C10H15N5O2. The van der Waals surface area contributed by atoms with Gasteiger partial charge < -0.3 is 16.8 Å². The molecule has 0 bridgehead atoms. The van der Waals surface area contributed by atoms with Gasteiger partial charge in [-0.25, -0.2) is 0 Å². The summed E-state index contributed by atoms with van der Waals surface area (Å²) in [4.78, 5) is 22.4. The van der Waals surface area contributed by atoms with Gasteiger partial charge in [0.2, 0.25) is 5.91 Å². The van der Waals surface area contributed by atoms with Crippen molar-refractivity contribution >= 4 is 17.5 Å². The molecule has 0 spiro atoms. The second-order valence-corrected chi connectivity index (χ2v) is 4.24. The second kappa shape index (κ2) is 4.44. The molecule has 1 aliphatic carbocycles. The standard InChI is InChI=1S/C10H15N5O2/c11-7-4-15(14-9(7)10(12)17)5-8(16)13-3-6-1-2-6/h4,6H,1-3,5,11H2,(H2,12,17)(H,13,16). The van der Waals surface area contributed by atoms with Crippen molar-refractivity contribution in [1.29, 1.82) is 0 Å². The van der Waals surface area contributed by atoms with Crippen molar-refractivity contribution < 1.29 is 9.59 Å². The summed E-state index contributed by atoms with van der Waals surface area (Å²) in [5.41, 5.74) is 10.8. The number of carbonyl (C=O) groups is 2. The quantitative estimate of drug-likeness (QED) is 0.614. The molecule has 1 saturated carbocycles. The number of hydrogen-bond donors (Lipinski definition) is 3. The first-order chi connectivity index (χ1) is 8.06. The third kappa shape index (κ3) is 2.96. The Balaban J connectivity index is 1.90. The van der Waals surface area contributed by atoms with E-state index in [0.717, 1.165) is 0 Å². The van der Waals surface area contributed by atoms with E-state index in [2.05, 4.69) is 10.4 Å². The molecule has 2 amide bonds. The van der Waals surface area contributed by atoms with E-state index in [9.17, 15) is 9.59 Å². The first-order valence-corrected chi connectivity index (χ1v) is 5.45. The summed E-state index contributed by atoms with van der Waals surface area (Å²) in [7, 11) is 0. The number of primary amides is 1. The van der Waals surface area contributed by atoms with Crippen molar-refractivity contribution in [2.24, 2.45) is 11.7 Å². The minimum atomic E-state index is -0.695. The van der Waals surface area contributed by atoms with Crippen LogP contribution in [0.5, 0.6) is 0 Å². The van der Waals surface area contributed by atoms with Gasteiger partial charge in [0.15, 0.2) is 5.69 Å². The predicted molar refractivity (Wildman–Crippen MR) is 60.9 cm³/mol. The van der Waals surface area contributed by atoms with Gasteiger partial charge in [-0.05, 0) is 18.8 Å². The zero-order chi connectivity index (χ0) is 12.4. The Labute approximate surface area is 98.1 Å². The largest absolute Gasteiger partial charge is 0.396 e. The van der Waals surface area contributed by atoms with Gasteiger partial charge in [-0.2, -0.15) is 5.10 Å². The van der Waals surface area contributed by atoms with Gasteiger partial charge in [-0.15, -0.1) is 0 Å². The normalized spacial score (nSPS) is 14.6. The van der Waals surface area contributed by atoms with E-state index in [1.165, 1.54) is 23.7 Å². The zero-order valence-electron chi connectivity index (χ0n) is 9.35. The summed E-state index contributed by atoms with van der Waals surface area (Å²) >= 11 is 0. The van der Waals surface area contributed by atoms with Crippen LogP contribution in [-0.2, 0) is 11.3 Å². The Morgan fingerprint density at radius 3 is 2.76 bits per heavy atom. The molecule has 0 aliphatic heterocycles. The summed E-state index contributed by atoms with van der Waals surface area (Å²) in [5.74, 6) is -0.210. The van der Waals surface area contributed by atoms with Crippen LogP contribution in [0.25, 0.3) is 0 Å². The van der Waals surface area contributed by atoms with Crippen LogP contribution in [0.2, 0.25) is 0 Å². The second-order valence-electron chi connectivity index (χ2n) is 4.24. The molecule has 92 valence electrons. The van der Waals surface area contributed by atoms with E-state index in [1.807, 2.05) is 0 Å². The molecule has 1 fully saturated rings. The number of nitrogens with one attached hydrogen (secondary N) is 1. The number of anilines is 1. The molecular weight excluding hydrogens is 222 g/mol. The number of hydrogen-bond acceptors (Lipinski definition) is 4. The lowest BCUT2D eigenvalue weighted by Crippen LogP contribution is -2.29. The Hall–Kier alpha value is -2.05. The molecule has 7 heteroatoms. The molecule has 1 heterocycles. The van der Waals surface area contributed by atoms with Crippen molar-refractivity contribution in [2.75, 3.05) is 12.3 Å². The van der Waals surface area contributed by atoms with Crippen molar-refractivity contribution in [3.05, 3.63) is 11.9 Å². The van der Waals surface area contributed by atoms with Gasteiger partial charge in [0.05, 0.1) is 5.69 Å². The molecule has 2 rings (SSSR count). The first-order valence-electron chi connectivity index (χ1n) is 5.45. The minimum absolute atomic E-state index is 0.00000656. The fourth-order valence-corrected chi connectivity index (χ4v) is 1.49. The first kappa shape index (κ1) is 11.4. The summed E-state index contributed by atoms with van der Waals surface area (Å²) in [6.45, 7) is 0.752. The SMILES string of the molecule is NC(=O)c1nn(CC(=O)NCC2CC2)cc1N. The average molecular weight is 237 g/mol. The van der Waals surface area contributed by atoms with Crippen LogP contribution in [0.3, 0.4) is 0 Å². The molecule has 1 aromatic heterocycles. The highest BCUT2D eigenvalue weighted by molar-refractivity contribution is 5.95. The van der Waals surface area contributed by atoms with Crippen molar-refractivity contribution in [1.82, 2.24) is 15.1 Å². The van der Waals surface area contributed by atoms with E-state index >= 15 is 0 Å². The van der Waals surface area contributed by atoms with Gasteiger partial charge in [0.25, 0.3) is 5.91 Å². The lowest BCUT2D eigenvalue weighted by molar-refractivity contribution is -0.121. The highest BCUT2D eigenvalue weighted by Gasteiger charge is 2.21. The molecule has 1 aromatic rings. The highest BCUT2D eigenvalue weighted by Crippen LogP contribution is 2.27. The smallest absolute Gasteiger partial charge is 0.271 e. The van der Waals surface area contributed by atoms with Gasteiger partial charge in [-0.1, -0.05) is 0 Å². The highest BCUT2D eigenvalue weighted by atomic mass is 16.2.